The van der Waals surface area contributed by atoms with Gasteiger partial charge in [0.15, 0.2) is 0 Å². The number of anilines is 3. The van der Waals surface area contributed by atoms with E-state index in [-0.39, 0.29) is 8.54 Å². The molecule has 3 aromatic rings. The van der Waals surface area contributed by atoms with Crippen molar-refractivity contribution in [1.82, 2.24) is 14.8 Å². The van der Waals surface area contributed by atoms with Crippen molar-refractivity contribution in [2.24, 2.45) is 0 Å². The minimum absolute atomic E-state index is 0. The molecule has 0 bridgehead atoms. The van der Waals surface area contributed by atoms with Gasteiger partial charge >= 0.3 is 0 Å². The van der Waals surface area contributed by atoms with Gasteiger partial charge in [-0.15, -0.1) is 5.10 Å². The van der Waals surface area contributed by atoms with Gasteiger partial charge in [0, 0.05) is 20.3 Å². The number of nitrogens with one attached hydrogen (secondary N) is 2. The lowest BCUT2D eigenvalue weighted by molar-refractivity contribution is 0.0211. The Labute approximate surface area is 151 Å². The fourth-order valence-electron chi connectivity index (χ4n) is 2.74. The number of aryl methyl sites for hydroxylation is 1. The van der Waals surface area contributed by atoms with Gasteiger partial charge in [-0.2, -0.15) is 4.98 Å². The van der Waals surface area contributed by atoms with Gasteiger partial charge in [-0.1, -0.05) is 0 Å². The van der Waals surface area contributed by atoms with Crippen molar-refractivity contribution in [3.8, 4) is 5.69 Å². The van der Waals surface area contributed by atoms with E-state index in [0.29, 0.717) is 25.2 Å². The lowest BCUT2D eigenvalue weighted by atomic mass is 10.1. The Kier molecular flexibility index (Phi) is 4.26. The SMILES string of the molecule is Cc1cc(Nc2ncn(-c3cc(F)cc(F)c3)n2)cc(NC2COC2)c1.[HH].[HH]. The summed E-state index contributed by atoms with van der Waals surface area (Å²) in [5, 5.41) is 10.7. The van der Waals surface area contributed by atoms with Crippen LogP contribution in [0.1, 0.15) is 8.42 Å². The van der Waals surface area contributed by atoms with Gasteiger partial charge in [0.2, 0.25) is 5.95 Å². The predicted molar refractivity (Wildman–Crippen MR) is 98.2 cm³/mol. The maximum Gasteiger partial charge on any atom is 0.246 e. The number of benzene rings is 2. The Morgan fingerprint density at radius 1 is 1.08 bits per heavy atom. The molecule has 0 radical (unpaired) electrons. The van der Waals surface area contributed by atoms with E-state index < -0.39 is 11.6 Å². The van der Waals surface area contributed by atoms with E-state index >= 15 is 0 Å². The first-order chi connectivity index (χ1) is 12.5. The summed E-state index contributed by atoms with van der Waals surface area (Å²) in [5.74, 6) is -1.00. The summed E-state index contributed by atoms with van der Waals surface area (Å²) in [6.45, 7) is 3.40. The Morgan fingerprint density at radius 3 is 2.50 bits per heavy atom. The van der Waals surface area contributed by atoms with Gasteiger partial charge in [-0.05, 0) is 42.8 Å². The molecule has 2 N–H and O–H groups in total. The molecule has 0 atom stereocenters. The zero-order valence-electron chi connectivity index (χ0n) is 14.0. The maximum absolute atomic E-state index is 13.4. The van der Waals surface area contributed by atoms with E-state index in [0.717, 1.165) is 23.0 Å². The second-order valence-corrected chi connectivity index (χ2v) is 6.23. The average molecular weight is 361 g/mol. The van der Waals surface area contributed by atoms with Crippen LogP contribution < -0.4 is 10.6 Å². The standard InChI is InChI=1S/C18H17F2N5O.2H2/c1-11-2-14(22-16-8-26-9-16)7-15(3-11)23-18-21-10-25(24-18)17-5-12(19)4-13(20)6-17;;/h2-7,10,16,22H,8-9H2,1H3,(H,23,24);2*1H. The van der Waals surface area contributed by atoms with E-state index in [1.165, 1.54) is 23.1 Å². The van der Waals surface area contributed by atoms with E-state index in [1.807, 2.05) is 25.1 Å². The minimum Gasteiger partial charge on any atom is -0.378 e. The van der Waals surface area contributed by atoms with Crippen LogP contribution in [-0.4, -0.2) is 34.0 Å². The second-order valence-electron chi connectivity index (χ2n) is 6.23. The number of hydrogen-bond donors (Lipinski definition) is 2. The maximum atomic E-state index is 13.4. The highest BCUT2D eigenvalue weighted by Gasteiger charge is 2.18. The molecule has 26 heavy (non-hydrogen) atoms. The van der Waals surface area contributed by atoms with Crippen LogP contribution in [0.4, 0.5) is 26.1 Å². The van der Waals surface area contributed by atoms with Crippen LogP contribution in [0.2, 0.25) is 0 Å². The molecule has 1 aliphatic rings. The molecule has 1 fully saturated rings. The van der Waals surface area contributed by atoms with Crippen molar-refractivity contribution in [1.29, 1.82) is 0 Å². The normalized spacial score (nSPS) is 14.1. The monoisotopic (exact) mass is 361 g/mol. The number of rotatable bonds is 5. The zero-order valence-corrected chi connectivity index (χ0v) is 14.0. The van der Waals surface area contributed by atoms with Crippen molar-refractivity contribution < 1.29 is 16.4 Å². The molecule has 2 aromatic carbocycles. The molecule has 8 heteroatoms. The number of halogens is 2. The third-order valence-corrected chi connectivity index (χ3v) is 3.95. The van der Waals surface area contributed by atoms with E-state index in [2.05, 4.69) is 20.7 Å². The summed E-state index contributed by atoms with van der Waals surface area (Å²) in [7, 11) is 0. The topological polar surface area (TPSA) is 64.0 Å². The summed E-state index contributed by atoms with van der Waals surface area (Å²) >= 11 is 0. The summed E-state index contributed by atoms with van der Waals surface area (Å²) in [4.78, 5) is 4.15. The molecular weight excluding hydrogens is 340 g/mol. The number of nitrogens with zero attached hydrogens (tertiary/aromatic N) is 3. The Morgan fingerprint density at radius 2 is 1.81 bits per heavy atom. The molecule has 2 heterocycles. The molecule has 1 aliphatic heterocycles. The van der Waals surface area contributed by atoms with Crippen LogP contribution in [0.15, 0.2) is 42.7 Å². The van der Waals surface area contributed by atoms with Gasteiger partial charge < -0.3 is 15.4 Å². The molecular formula is C18H21F2N5O. The van der Waals surface area contributed by atoms with Crippen molar-refractivity contribution >= 4 is 17.3 Å². The Bertz CT molecular complexity index is 929. The number of hydrogen-bond acceptors (Lipinski definition) is 5. The molecule has 1 saturated heterocycles. The highest BCUT2D eigenvalue weighted by Crippen LogP contribution is 2.23. The van der Waals surface area contributed by atoms with Crippen molar-refractivity contribution in [2.45, 2.75) is 13.0 Å². The molecule has 6 nitrogen and oxygen atoms in total. The van der Waals surface area contributed by atoms with Crippen LogP contribution in [0.5, 0.6) is 0 Å². The minimum atomic E-state index is -0.667. The van der Waals surface area contributed by atoms with Crippen LogP contribution in [0.3, 0.4) is 0 Å². The van der Waals surface area contributed by atoms with Crippen LogP contribution in [0.25, 0.3) is 5.69 Å². The molecule has 0 aliphatic carbocycles. The summed E-state index contributed by atoms with van der Waals surface area (Å²) in [6, 6.07) is 9.48. The number of ether oxygens (including phenoxy) is 1. The van der Waals surface area contributed by atoms with E-state index in [9.17, 15) is 8.78 Å². The Balaban J connectivity index is 0.00000140. The van der Waals surface area contributed by atoms with Crippen LogP contribution in [-0.2, 0) is 4.74 Å². The lowest BCUT2D eigenvalue weighted by Crippen LogP contribution is -2.40. The lowest BCUT2D eigenvalue weighted by Gasteiger charge is -2.28. The van der Waals surface area contributed by atoms with Gasteiger partial charge in [-0.3, -0.25) is 0 Å². The summed E-state index contributed by atoms with van der Waals surface area (Å²) in [5.41, 5.74) is 3.13. The first kappa shape index (κ1) is 16.5. The van der Waals surface area contributed by atoms with Crippen LogP contribution >= 0.6 is 0 Å². The molecule has 0 saturated carbocycles. The fraction of sp³-hybridized carbons (Fsp3) is 0.222. The largest absolute Gasteiger partial charge is 0.378 e. The molecule has 138 valence electrons. The smallest absolute Gasteiger partial charge is 0.246 e. The molecule has 0 spiro atoms. The van der Waals surface area contributed by atoms with Gasteiger partial charge in [0.05, 0.1) is 24.9 Å². The first-order valence-corrected chi connectivity index (χ1v) is 8.16. The van der Waals surface area contributed by atoms with Crippen molar-refractivity contribution in [2.75, 3.05) is 23.8 Å². The average Bonchev–Trinajstić information content (AvgIpc) is 2.98. The third kappa shape index (κ3) is 3.65. The zero-order chi connectivity index (χ0) is 18.1. The van der Waals surface area contributed by atoms with Gasteiger partial charge in [0.25, 0.3) is 0 Å². The van der Waals surface area contributed by atoms with E-state index in [1.54, 1.807) is 0 Å². The summed E-state index contributed by atoms with van der Waals surface area (Å²) < 4.78 is 33.2. The fourth-order valence-corrected chi connectivity index (χ4v) is 2.74. The van der Waals surface area contributed by atoms with Crippen molar-refractivity contribution in [3.05, 3.63) is 59.9 Å². The molecule has 0 unspecified atom stereocenters. The molecule has 1 aromatic heterocycles. The molecule has 4 rings (SSSR count). The van der Waals surface area contributed by atoms with Gasteiger partial charge in [0.1, 0.15) is 18.0 Å². The van der Waals surface area contributed by atoms with E-state index in [4.69, 9.17) is 4.74 Å². The highest BCUT2D eigenvalue weighted by molar-refractivity contribution is 5.63. The number of aromatic nitrogens is 3. The quantitative estimate of drug-likeness (QED) is 0.722. The summed E-state index contributed by atoms with van der Waals surface area (Å²) in [6.07, 6.45) is 1.40. The molecule has 0 amide bonds. The third-order valence-electron chi connectivity index (χ3n) is 3.95. The Hall–Kier alpha value is -3.00. The van der Waals surface area contributed by atoms with Crippen molar-refractivity contribution in [3.63, 3.8) is 0 Å². The van der Waals surface area contributed by atoms with Gasteiger partial charge in [-0.25, -0.2) is 13.5 Å². The second kappa shape index (κ2) is 6.72. The predicted octanol–water partition coefficient (Wildman–Crippen LogP) is 3.90. The van der Waals surface area contributed by atoms with Crippen LogP contribution in [0, 0.1) is 18.6 Å². The first-order valence-electron chi connectivity index (χ1n) is 8.16. The highest BCUT2D eigenvalue weighted by atomic mass is 19.1.